The van der Waals surface area contributed by atoms with E-state index in [9.17, 15) is 26.4 Å². The van der Waals surface area contributed by atoms with Crippen LogP contribution in [0.15, 0.2) is 57.9 Å². The molecule has 12 heteroatoms. The molecule has 2 aromatic carbocycles. The predicted octanol–water partition coefficient (Wildman–Crippen LogP) is 4.44. The van der Waals surface area contributed by atoms with Gasteiger partial charge < -0.3 is 10.4 Å². The average molecular weight is 551 g/mol. The summed E-state index contributed by atoms with van der Waals surface area (Å²) in [6.07, 6.45) is -3.45. The van der Waals surface area contributed by atoms with Crippen LogP contribution in [0.5, 0.6) is 0 Å². The second kappa shape index (κ2) is 10.1. The molecule has 0 radical (unpaired) electrons. The van der Waals surface area contributed by atoms with E-state index in [1.807, 2.05) is 26.0 Å². The highest BCUT2D eigenvalue weighted by Gasteiger charge is 2.51. The summed E-state index contributed by atoms with van der Waals surface area (Å²) in [4.78, 5) is 21.5. The first kappa shape index (κ1) is 26.7. The second-order valence-electron chi connectivity index (χ2n) is 7.65. The van der Waals surface area contributed by atoms with Crippen LogP contribution in [0, 0.1) is 0 Å². The molecule has 0 saturated heterocycles. The third kappa shape index (κ3) is 7.19. The molecule has 1 fully saturated rings. The Balaban J connectivity index is 0.000000479. The van der Waals surface area contributed by atoms with E-state index < -0.39 is 27.6 Å². The zero-order valence-corrected chi connectivity index (χ0v) is 20.0. The van der Waals surface area contributed by atoms with E-state index in [0.29, 0.717) is 5.69 Å². The van der Waals surface area contributed by atoms with Crippen molar-refractivity contribution in [1.82, 2.24) is 5.32 Å². The van der Waals surface area contributed by atoms with Gasteiger partial charge in [-0.25, -0.2) is 13.2 Å². The number of hydrogen-bond donors (Lipinski definition) is 3. The van der Waals surface area contributed by atoms with E-state index in [1.54, 1.807) is 24.3 Å². The smallest absolute Gasteiger partial charge is 0.475 e. The fourth-order valence-corrected chi connectivity index (χ4v) is 4.18. The van der Waals surface area contributed by atoms with Gasteiger partial charge in [-0.1, -0.05) is 28.1 Å². The van der Waals surface area contributed by atoms with Gasteiger partial charge in [-0.05, 0) is 68.7 Å². The van der Waals surface area contributed by atoms with Crippen LogP contribution in [0.25, 0.3) is 0 Å². The number of hydrogen-bond acceptors (Lipinski definition) is 4. The summed E-state index contributed by atoms with van der Waals surface area (Å²) in [6, 6.07) is 13.6. The minimum atomic E-state index is -5.08. The van der Waals surface area contributed by atoms with Crippen LogP contribution in [0.1, 0.15) is 32.3 Å². The summed E-state index contributed by atoms with van der Waals surface area (Å²) in [7, 11) is -3.65. The van der Waals surface area contributed by atoms with Crippen LogP contribution in [0.4, 0.5) is 18.9 Å². The number of carbonyl (C=O) groups excluding carboxylic acids is 1. The van der Waals surface area contributed by atoms with Gasteiger partial charge >= 0.3 is 12.1 Å². The molecule has 0 aromatic heterocycles. The molecule has 1 aliphatic carbocycles. The zero-order valence-electron chi connectivity index (χ0n) is 17.6. The van der Waals surface area contributed by atoms with Crippen LogP contribution in [0.3, 0.4) is 0 Å². The molecule has 180 valence electrons. The van der Waals surface area contributed by atoms with Gasteiger partial charge in [0.25, 0.3) is 10.0 Å². The van der Waals surface area contributed by atoms with Crippen molar-refractivity contribution in [1.29, 1.82) is 0 Å². The van der Waals surface area contributed by atoms with Gasteiger partial charge in [-0.2, -0.15) is 13.2 Å². The molecule has 0 unspecified atom stereocenters. The SMILES string of the molecule is CC(C)NC(=O)C1(c2ccc(NS(=O)(=O)c3ccc(Br)cc3)cc2)CC1.O=C(O)C(F)(F)F. The number of nitrogens with one attached hydrogen (secondary N) is 2. The number of carbonyl (C=O) groups is 2. The Kier molecular flexibility index (Phi) is 8.18. The Labute approximate surface area is 197 Å². The Morgan fingerprint density at radius 3 is 1.91 bits per heavy atom. The van der Waals surface area contributed by atoms with Crippen molar-refractivity contribution < 1.29 is 36.3 Å². The Morgan fingerprint density at radius 2 is 1.52 bits per heavy atom. The highest BCUT2D eigenvalue weighted by molar-refractivity contribution is 9.10. The number of amides is 1. The number of carboxylic acid groups (broad SMARTS) is 1. The van der Waals surface area contributed by atoms with Crippen molar-refractivity contribution in [3.8, 4) is 0 Å². The molecule has 0 atom stereocenters. The third-order valence-corrected chi connectivity index (χ3v) is 6.59. The van der Waals surface area contributed by atoms with Crippen LogP contribution in [-0.4, -0.2) is 37.6 Å². The highest BCUT2D eigenvalue weighted by Crippen LogP contribution is 2.48. The summed E-state index contributed by atoms with van der Waals surface area (Å²) in [6.45, 7) is 3.88. The quantitative estimate of drug-likeness (QED) is 0.492. The van der Waals surface area contributed by atoms with Crippen LogP contribution < -0.4 is 10.0 Å². The Morgan fingerprint density at radius 1 is 1.03 bits per heavy atom. The lowest BCUT2D eigenvalue weighted by Gasteiger charge is -2.18. The van der Waals surface area contributed by atoms with Gasteiger partial charge in [0.05, 0.1) is 10.3 Å². The number of aliphatic carboxylic acids is 1. The Hall–Kier alpha value is -2.60. The molecule has 3 N–H and O–H groups in total. The standard InChI is InChI=1S/C19H21BrN2O3S.C2HF3O2/c1-13(2)21-18(23)19(11-12-19)14-3-7-16(8-4-14)22-26(24,25)17-9-5-15(20)6-10-17;3-2(4,5)1(6)7/h3-10,13,22H,11-12H2,1-2H3,(H,21,23);(H,6,7). The highest BCUT2D eigenvalue weighted by atomic mass is 79.9. The van der Waals surface area contributed by atoms with Gasteiger partial charge in [-0.15, -0.1) is 0 Å². The van der Waals surface area contributed by atoms with E-state index in [-0.39, 0.29) is 16.8 Å². The van der Waals surface area contributed by atoms with Gasteiger partial charge in [-0.3, -0.25) is 9.52 Å². The first-order chi connectivity index (χ1) is 15.2. The van der Waals surface area contributed by atoms with Crippen molar-refractivity contribution >= 4 is 43.5 Å². The van der Waals surface area contributed by atoms with E-state index in [1.165, 1.54) is 12.1 Å². The molecule has 1 amide bonds. The minimum absolute atomic E-state index is 0.0377. The van der Waals surface area contributed by atoms with E-state index in [4.69, 9.17) is 9.90 Å². The van der Waals surface area contributed by atoms with Crippen LogP contribution >= 0.6 is 15.9 Å². The van der Waals surface area contributed by atoms with Gasteiger partial charge in [0.2, 0.25) is 5.91 Å². The maximum Gasteiger partial charge on any atom is 0.490 e. The normalized spacial score (nSPS) is 14.6. The second-order valence-corrected chi connectivity index (χ2v) is 10.2. The molecular weight excluding hydrogens is 529 g/mol. The fourth-order valence-electron chi connectivity index (χ4n) is 2.86. The lowest BCUT2D eigenvalue weighted by molar-refractivity contribution is -0.192. The monoisotopic (exact) mass is 550 g/mol. The number of rotatable bonds is 6. The van der Waals surface area contributed by atoms with E-state index in [2.05, 4.69) is 26.0 Å². The average Bonchev–Trinajstić information content (AvgIpc) is 3.50. The van der Waals surface area contributed by atoms with E-state index >= 15 is 0 Å². The van der Waals surface area contributed by atoms with Crippen molar-refractivity contribution in [2.75, 3.05) is 4.72 Å². The number of carboxylic acids is 1. The fraction of sp³-hybridized carbons (Fsp3) is 0.333. The molecule has 1 aliphatic rings. The molecule has 7 nitrogen and oxygen atoms in total. The first-order valence-corrected chi connectivity index (χ1v) is 11.9. The Bertz CT molecular complexity index is 1100. The third-order valence-electron chi connectivity index (χ3n) is 4.66. The molecule has 33 heavy (non-hydrogen) atoms. The molecule has 0 aliphatic heterocycles. The minimum Gasteiger partial charge on any atom is -0.475 e. The van der Waals surface area contributed by atoms with Crippen molar-refractivity contribution in [3.05, 3.63) is 58.6 Å². The van der Waals surface area contributed by atoms with Gasteiger partial charge in [0.15, 0.2) is 0 Å². The summed E-state index contributed by atoms with van der Waals surface area (Å²) in [5.41, 5.74) is 0.923. The van der Waals surface area contributed by atoms with Crippen LogP contribution in [0.2, 0.25) is 0 Å². The molecular formula is C21H22BrF3N2O5S. The molecule has 0 bridgehead atoms. The molecule has 3 rings (SSSR count). The molecule has 0 spiro atoms. The number of halogens is 4. The van der Waals surface area contributed by atoms with Gasteiger partial charge in [0.1, 0.15) is 0 Å². The van der Waals surface area contributed by atoms with Crippen LogP contribution in [-0.2, 0) is 25.0 Å². The number of benzene rings is 2. The molecule has 2 aromatic rings. The zero-order chi connectivity index (χ0) is 25.0. The van der Waals surface area contributed by atoms with Crippen molar-refractivity contribution in [3.63, 3.8) is 0 Å². The summed E-state index contributed by atoms with van der Waals surface area (Å²) in [5.74, 6) is -2.72. The van der Waals surface area contributed by atoms with Crippen molar-refractivity contribution in [2.24, 2.45) is 0 Å². The van der Waals surface area contributed by atoms with Crippen molar-refractivity contribution in [2.45, 2.75) is 49.2 Å². The van der Waals surface area contributed by atoms with Gasteiger partial charge in [0, 0.05) is 16.2 Å². The summed E-state index contributed by atoms with van der Waals surface area (Å²) >= 11 is 3.29. The molecule has 1 saturated carbocycles. The van der Waals surface area contributed by atoms with E-state index in [0.717, 1.165) is 22.9 Å². The molecule has 0 heterocycles. The summed E-state index contributed by atoms with van der Waals surface area (Å²) < 4.78 is 60.0. The maximum absolute atomic E-state index is 12.4. The lowest BCUT2D eigenvalue weighted by Crippen LogP contribution is -2.38. The topological polar surface area (TPSA) is 113 Å². The first-order valence-electron chi connectivity index (χ1n) is 9.67. The lowest BCUT2D eigenvalue weighted by atomic mass is 9.94. The maximum atomic E-state index is 12.4. The number of anilines is 1. The number of alkyl halides is 3. The predicted molar refractivity (Wildman–Crippen MR) is 119 cm³/mol. The number of sulfonamides is 1. The largest absolute Gasteiger partial charge is 0.490 e. The summed E-state index contributed by atoms with van der Waals surface area (Å²) in [5, 5.41) is 10.1.